The second kappa shape index (κ2) is 6.05. The summed E-state index contributed by atoms with van der Waals surface area (Å²) in [7, 11) is 1.79. The molecule has 8 heteroatoms. The van der Waals surface area contributed by atoms with Crippen molar-refractivity contribution in [3.8, 4) is 11.4 Å². The van der Waals surface area contributed by atoms with Crippen molar-refractivity contribution in [2.75, 3.05) is 5.32 Å². The van der Waals surface area contributed by atoms with Gasteiger partial charge in [-0.15, -0.1) is 0 Å². The number of rotatable bonds is 4. The Morgan fingerprint density at radius 3 is 2.81 bits per heavy atom. The third kappa shape index (κ3) is 2.87. The zero-order valence-electron chi connectivity index (χ0n) is 14.7. The second-order valence-electron chi connectivity index (χ2n) is 6.57. The molecule has 4 rings (SSSR count). The van der Waals surface area contributed by atoms with Gasteiger partial charge in [-0.3, -0.25) is 9.48 Å². The molecule has 0 saturated heterocycles. The van der Waals surface area contributed by atoms with Crippen molar-refractivity contribution in [1.29, 1.82) is 0 Å². The molecule has 0 spiro atoms. The van der Waals surface area contributed by atoms with Crippen LogP contribution in [0.4, 0.5) is 10.1 Å². The summed E-state index contributed by atoms with van der Waals surface area (Å²) in [5.74, 6) is 0.189. The van der Waals surface area contributed by atoms with Crippen molar-refractivity contribution in [2.24, 2.45) is 7.05 Å². The Morgan fingerprint density at radius 1 is 1.38 bits per heavy atom. The first-order valence-corrected chi connectivity index (χ1v) is 8.32. The lowest BCUT2D eigenvalue weighted by molar-refractivity contribution is 0.102. The molecule has 0 aliphatic heterocycles. The number of aryl methyl sites for hydroxylation is 2. The third-order valence-electron chi connectivity index (χ3n) is 4.70. The summed E-state index contributed by atoms with van der Waals surface area (Å²) in [6, 6.07) is 5.49. The van der Waals surface area contributed by atoms with Crippen molar-refractivity contribution in [3.63, 3.8) is 0 Å². The number of nitrogens with zero attached hydrogens (tertiary/aromatic N) is 4. The van der Waals surface area contributed by atoms with Crippen molar-refractivity contribution >= 4 is 11.6 Å². The Labute approximate surface area is 149 Å². The molecule has 2 heterocycles. The van der Waals surface area contributed by atoms with Gasteiger partial charge in [0.25, 0.3) is 5.91 Å². The number of carbonyl (C=O) groups excluding carboxylic acids is 1. The van der Waals surface area contributed by atoms with Gasteiger partial charge in [-0.25, -0.2) is 4.39 Å². The lowest BCUT2D eigenvalue weighted by atomic mass is 10.1. The minimum absolute atomic E-state index is 0.233. The van der Waals surface area contributed by atoms with Gasteiger partial charge in [-0.1, -0.05) is 17.3 Å². The Kier molecular flexibility index (Phi) is 3.82. The maximum atomic E-state index is 13.1. The molecule has 0 radical (unpaired) electrons. The SMILES string of the molecule is Cc1ccc(-c2noc([C@H]3C[C@@H]3F)n2)cc1NC(=O)c1cnn(C)c1C. The number of alkyl halides is 1. The van der Waals surface area contributed by atoms with E-state index in [1.165, 1.54) is 0 Å². The zero-order chi connectivity index (χ0) is 18.4. The zero-order valence-corrected chi connectivity index (χ0v) is 14.7. The quantitative estimate of drug-likeness (QED) is 0.777. The van der Waals surface area contributed by atoms with Gasteiger partial charge in [0, 0.05) is 24.0 Å². The molecular formula is C18H18FN5O2. The van der Waals surface area contributed by atoms with Crippen molar-refractivity contribution in [2.45, 2.75) is 32.4 Å². The largest absolute Gasteiger partial charge is 0.339 e. The fourth-order valence-electron chi connectivity index (χ4n) is 2.73. The number of aromatic nitrogens is 4. The number of carbonyl (C=O) groups is 1. The van der Waals surface area contributed by atoms with Crippen LogP contribution in [0.3, 0.4) is 0 Å². The Balaban J connectivity index is 1.59. The van der Waals surface area contributed by atoms with Gasteiger partial charge in [0.05, 0.1) is 17.7 Å². The summed E-state index contributed by atoms with van der Waals surface area (Å²) in [4.78, 5) is 16.8. The predicted molar refractivity (Wildman–Crippen MR) is 92.6 cm³/mol. The van der Waals surface area contributed by atoms with E-state index in [9.17, 15) is 9.18 Å². The summed E-state index contributed by atoms with van der Waals surface area (Å²) in [6.45, 7) is 3.73. The van der Waals surface area contributed by atoms with Gasteiger partial charge in [-0.05, 0) is 31.9 Å². The predicted octanol–water partition coefficient (Wildman–Crippen LogP) is 3.16. The molecule has 1 fully saturated rings. The topological polar surface area (TPSA) is 85.8 Å². The van der Waals surface area contributed by atoms with E-state index in [4.69, 9.17) is 4.52 Å². The molecule has 1 aromatic carbocycles. The highest BCUT2D eigenvalue weighted by Crippen LogP contribution is 2.43. The van der Waals surface area contributed by atoms with Gasteiger partial charge in [-0.2, -0.15) is 10.1 Å². The summed E-state index contributed by atoms with van der Waals surface area (Å²) < 4.78 is 19.9. The molecule has 1 amide bonds. The Bertz CT molecular complexity index is 993. The van der Waals surface area contributed by atoms with E-state index >= 15 is 0 Å². The average molecular weight is 355 g/mol. The van der Waals surface area contributed by atoms with Crippen molar-refractivity contribution in [1.82, 2.24) is 19.9 Å². The number of hydrogen-bond donors (Lipinski definition) is 1. The lowest BCUT2D eigenvalue weighted by Crippen LogP contribution is -2.13. The van der Waals surface area contributed by atoms with Crippen LogP contribution in [0.1, 0.15) is 39.8 Å². The summed E-state index contributed by atoms with van der Waals surface area (Å²) in [6.07, 6.45) is 1.08. The standard InChI is InChI=1S/C18H18FN5O2/c1-9-4-5-11(16-22-18(26-23-16)12-7-14(12)19)6-15(9)21-17(25)13-8-20-24(3)10(13)2/h4-6,8,12,14H,7H2,1-3H3,(H,21,25)/t12-,14-/m0/s1. The van der Waals surface area contributed by atoms with Crippen molar-refractivity contribution < 1.29 is 13.7 Å². The normalized spacial score (nSPS) is 18.8. The van der Waals surface area contributed by atoms with Crippen LogP contribution in [0.2, 0.25) is 0 Å². The highest BCUT2D eigenvalue weighted by Gasteiger charge is 2.43. The van der Waals surface area contributed by atoms with Crippen LogP contribution >= 0.6 is 0 Å². The summed E-state index contributed by atoms with van der Waals surface area (Å²) >= 11 is 0. The highest BCUT2D eigenvalue weighted by molar-refractivity contribution is 6.05. The molecule has 1 aliphatic rings. The molecule has 1 N–H and O–H groups in total. The third-order valence-corrected chi connectivity index (χ3v) is 4.70. The fraction of sp³-hybridized carbons (Fsp3) is 0.333. The second-order valence-corrected chi connectivity index (χ2v) is 6.57. The first-order chi connectivity index (χ1) is 12.4. The van der Waals surface area contributed by atoms with Crippen LogP contribution in [-0.4, -0.2) is 32.0 Å². The number of halogens is 1. The molecule has 3 aromatic rings. The average Bonchev–Trinajstić information content (AvgIpc) is 3.02. The summed E-state index contributed by atoms with van der Waals surface area (Å²) in [5.41, 5.74) is 3.54. The van der Waals surface area contributed by atoms with E-state index in [-0.39, 0.29) is 11.8 Å². The molecule has 134 valence electrons. The Hall–Kier alpha value is -3.03. The van der Waals surface area contributed by atoms with E-state index in [1.807, 2.05) is 26.0 Å². The molecule has 2 atom stereocenters. The number of hydrogen-bond acceptors (Lipinski definition) is 5. The van der Waals surface area contributed by atoms with Crippen LogP contribution in [0.15, 0.2) is 28.9 Å². The van der Waals surface area contributed by atoms with Gasteiger partial charge < -0.3 is 9.84 Å². The number of amides is 1. The van der Waals surface area contributed by atoms with Gasteiger partial charge >= 0.3 is 0 Å². The fourth-order valence-corrected chi connectivity index (χ4v) is 2.73. The molecule has 1 aliphatic carbocycles. The molecule has 0 bridgehead atoms. The van der Waals surface area contributed by atoms with E-state index < -0.39 is 6.17 Å². The summed E-state index contributed by atoms with van der Waals surface area (Å²) in [5, 5.41) is 10.9. The van der Waals surface area contributed by atoms with Crippen LogP contribution in [0, 0.1) is 13.8 Å². The molecule has 0 unspecified atom stereocenters. The van der Waals surface area contributed by atoms with Crippen LogP contribution in [0.25, 0.3) is 11.4 Å². The maximum absolute atomic E-state index is 13.1. The Morgan fingerprint density at radius 2 is 2.15 bits per heavy atom. The minimum Gasteiger partial charge on any atom is -0.339 e. The van der Waals surface area contributed by atoms with Gasteiger partial charge in [0.15, 0.2) is 0 Å². The maximum Gasteiger partial charge on any atom is 0.259 e. The molecule has 1 saturated carbocycles. The van der Waals surface area contributed by atoms with E-state index in [0.717, 1.165) is 11.3 Å². The highest BCUT2D eigenvalue weighted by atomic mass is 19.1. The molecule has 2 aromatic heterocycles. The van der Waals surface area contributed by atoms with Crippen LogP contribution < -0.4 is 5.32 Å². The van der Waals surface area contributed by atoms with E-state index in [1.54, 1.807) is 24.0 Å². The smallest absolute Gasteiger partial charge is 0.259 e. The van der Waals surface area contributed by atoms with Gasteiger partial charge in [0.2, 0.25) is 11.7 Å². The number of anilines is 1. The van der Waals surface area contributed by atoms with Crippen LogP contribution in [0.5, 0.6) is 0 Å². The van der Waals surface area contributed by atoms with Crippen molar-refractivity contribution in [3.05, 3.63) is 47.1 Å². The monoisotopic (exact) mass is 355 g/mol. The molecule has 26 heavy (non-hydrogen) atoms. The lowest BCUT2D eigenvalue weighted by Gasteiger charge is -2.09. The number of benzene rings is 1. The van der Waals surface area contributed by atoms with Gasteiger partial charge in [0.1, 0.15) is 6.17 Å². The van der Waals surface area contributed by atoms with E-state index in [0.29, 0.717) is 35.0 Å². The molecule has 7 nitrogen and oxygen atoms in total. The van der Waals surface area contributed by atoms with Crippen LogP contribution in [-0.2, 0) is 7.05 Å². The number of nitrogens with one attached hydrogen (secondary N) is 1. The van der Waals surface area contributed by atoms with E-state index in [2.05, 4.69) is 20.6 Å². The first-order valence-electron chi connectivity index (χ1n) is 8.32. The minimum atomic E-state index is -0.890. The molecular weight excluding hydrogens is 337 g/mol. The first kappa shape index (κ1) is 16.4.